The van der Waals surface area contributed by atoms with Gasteiger partial charge in [-0.1, -0.05) is 19.8 Å². The second kappa shape index (κ2) is 9.67. The van der Waals surface area contributed by atoms with Crippen molar-refractivity contribution in [3.63, 3.8) is 0 Å². The molecule has 7 heteroatoms. The lowest BCUT2D eigenvalue weighted by molar-refractivity contribution is 0.275. The number of rotatable bonds is 10. The first-order valence-electron chi connectivity index (χ1n) is 8.24. The monoisotopic (exact) mass is 331 g/mol. The van der Waals surface area contributed by atoms with Gasteiger partial charge in [0, 0.05) is 25.0 Å². The first kappa shape index (κ1) is 17.9. The van der Waals surface area contributed by atoms with Crippen LogP contribution in [-0.4, -0.2) is 32.7 Å². The minimum Gasteiger partial charge on any atom is -0.483 e. The maximum atomic E-state index is 9.26. The van der Waals surface area contributed by atoms with E-state index >= 15 is 0 Å². The van der Waals surface area contributed by atoms with Crippen LogP contribution in [0.5, 0.6) is 5.75 Å². The Balaban J connectivity index is 2.08. The van der Waals surface area contributed by atoms with E-state index in [0.29, 0.717) is 24.6 Å². The number of aliphatic hydroxyl groups is 1. The Labute approximate surface area is 142 Å². The molecule has 0 aliphatic rings. The molecule has 0 saturated carbocycles. The topological polar surface area (TPSA) is 106 Å². The molecule has 0 amide bonds. The molecular weight excluding hydrogens is 306 g/mol. The average Bonchev–Trinajstić information content (AvgIpc) is 2.60. The molecule has 7 nitrogen and oxygen atoms in total. The van der Waals surface area contributed by atoms with E-state index < -0.39 is 0 Å². The van der Waals surface area contributed by atoms with E-state index in [-0.39, 0.29) is 18.6 Å². The molecule has 24 heavy (non-hydrogen) atoms. The van der Waals surface area contributed by atoms with Gasteiger partial charge in [-0.15, -0.1) is 0 Å². The summed E-state index contributed by atoms with van der Waals surface area (Å²) in [7, 11) is 0. The number of hydrogen-bond acceptors (Lipinski definition) is 7. The number of nitrogens with one attached hydrogen (secondary N) is 1. The minimum absolute atomic E-state index is 0.118. The van der Waals surface area contributed by atoms with Gasteiger partial charge in [0.25, 0.3) is 0 Å². The molecule has 2 rings (SSSR count). The lowest BCUT2D eigenvalue weighted by atomic mass is 10.1. The summed E-state index contributed by atoms with van der Waals surface area (Å²) in [6.07, 6.45) is 8.78. The molecule has 0 fully saturated rings. The summed E-state index contributed by atoms with van der Waals surface area (Å²) in [5.74, 6) is 1.29. The number of ether oxygens (including phenoxy) is 1. The van der Waals surface area contributed by atoms with E-state index in [0.717, 1.165) is 24.8 Å². The fourth-order valence-corrected chi connectivity index (χ4v) is 2.32. The third-order valence-electron chi connectivity index (χ3n) is 3.64. The highest BCUT2D eigenvalue weighted by Gasteiger charge is 2.14. The number of anilines is 2. The molecule has 2 aromatic rings. The summed E-state index contributed by atoms with van der Waals surface area (Å²) >= 11 is 0. The zero-order valence-electron chi connectivity index (χ0n) is 14.0. The molecule has 0 bridgehead atoms. The zero-order chi connectivity index (χ0) is 17.2. The number of nitrogens with two attached hydrogens (primary N) is 1. The van der Waals surface area contributed by atoms with E-state index in [4.69, 9.17) is 10.5 Å². The van der Waals surface area contributed by atoms with Crippen molar-refractivity contribution < 1.29 is 9.84 Å². The zero-order valence-corrected chi connectivity index (χ0v) is 14.0. The highest BCUT2D eigenvalue weighted by molar-refractivity contribution is 5.51. The molecule has 4 N–H and O–H groups in total. The molecule has 0 aliphatic heterocycles. The summed E-state index contributed by atoms with van der Waals surface area (Å²) in [6, 6.07) is 3.90. The van der Waals surface area contributed by atoms with Crippen LogP contribution in [0.15, 0.2) is 30.7 Å². The average molecular weight is 331 g/mol. The standard InChI is InChI=1S/C17H25N5O2/c1-2-3-4-14(7-10-23)21-16-15(11-20-17(18)22-16)24-12-13-5-8-19-9-6-13/h5-6,8-9,11,14,23H,2-4,7,10,12H2,1H3,(H3,18,20,21,22). The molecule has 0 saturated heterocycles. The van der Waals surface area contributed by atoms with Gasteiger partial charge in [-0.3, -0.25) is 4.98 Å². The Morgan fingerprint density at radius 1 is 1.29 bits per heavy atom. The number of unbranched alkanes of at least 4 members (excludes halogenated alkanes) is 1. The van der Waals surface area contributed by atoms with Crippen molar-refractivity contribution in [2.45, 2.75) is 45.3 Å². The smallest absolute Gasteiger partial charge is 0.222 e. The molecular formula is C17H25N5O2. The number of aromatic nitrogens is 3. The second-order valence-corrected chi connectivity index (χ2v) is 5.58. The van der Waals surface area contributed by atoms with E-state index in [1.165, 1.54) is 0 Å². The first-order valence-corrected chi connectivity index (χ1v) is 8.24. The molecule has 2 aromatic heterocycles. The van der Waals surface area contributed by atoms with Gasteiger partial charge >= 0.3 is 0 Å². The van der Waals surface area contributed by atoms with E-state index in [9.17, 15) is 5.11 Å². The van der Waals surface area contributed by atoms with Gasteiger partial charge in [-0.25, -0.2) is 4.98 Å². The van der Waals surface area contributed by atoms with Gasteiger partial charge in [-0.2, -0.15) is 4.98 Å². The van der Waals surface area contributed by atoms with Crippen LogP contribution in [0.25, 0.3) is 0 Å². The van der Waals surface area contributed by atoms with Gasteiger partial charge in [0.15, 0.2) is 11.6 Å². The third-order valence-corrected chi connectivity index (χ3v) is 3.64. The fraction of sp³-hybridized carbons (Fsp3) is 0.471. The number of hydrogen-bond donors (Lipinski definition) is 3. The lowest BCUT2D eigenvalue weighted by Gasteiger charge is -2.20. The van der Waals surface area contributed by atoms with E-state index in [1.54, 1.807) is 18.6 Å². The highest BCUT2D eigenvalue weighted by atomic mass is 16.5. The van der Waals surface area contributed by atoms with Crippen LogP contribution < -0.4 is 15.8 Å². The molecule has 1 atom stereocenters. The predicted octanol–water partition coefficient (Wildman–Crippen LogP) is 2.39. The van der Waals surface area contributed by atoms with Crippen LogP contribution in [0.3, 0.4) is 0 Å². The molecule has 0 aliphatic carbocycles. The lowest BCUT2D eigenvalue weighted by Crippen LogP contribution is -2.22. The molecule has 0 spiro atoms. The van der Waals surface area contributed by atoms with Crippen LogP contribution in [0.1, 0.15) is 38.2 Å². The number of aliphatic hydroxyl groups excluding tert-OH is 1. The van der Waals surface area contributed by atoms with Gasteiger partial charge in [0.1, 0.15) is 6.61 Å². The summed E-state index contributed by atoms with van der Waals surface area (Å²) in [5.41, 5.74) is 6.71. The van der Waals surface area contributed by atoms with Crippen molar-refractivity contribution >= 4 is 11.8 Å². The fourth-order valence-electron chi connectivity index (χ4n) is 2.32. The van der Waals surface area contributed by atoms with Crippen LogP contribution in [-0.2, 0) is 6.61 Å². The first-order chi connectivity index (χ1) is 11.7. The van der Waals surface area contributed by atoms with Gasteiger partial charge in [0.2, 0.25) is 5.95 Å². The summed E-state index contributed by atoms with van der Waals surface area (Å²) < 4.78 is 5.83. The van der Waals surface area contributed by atoms with Gasteiger partial charge in [-0.05, 0) is 30.5 Å². The van der Waals surface area contributed by atoms with Crippen LogP contribution in [0.4, 0.5) is 11.8 Å². The van der Waals surface area contributed by atoms with Gasteiger partial charge in [0.05, 0.1) is 6.20 Å². The molecule has 130 valence electrons. The van der Waals surface area contributed by atoms with Crippen molar-refractivity contribution in [2.75, 3.05) is 17.7 Å². The Morgan fingerprint density at radius 3 is 2.79 bits per heavy atom. The van der Waals surface area contributed by atoms with Crippen LogP contribution >= 0.6 is 0 Å². The maximum Gasteiger partial charge on any atom is 0.222 e. The van der Waals surface area contributed by atoms with E-state index in [2.05, 4.69) is 27.2 Å². The Bertz CT molecular complexity index is 609. The molecule has 2 heterocycles. The number of nitrogen functional groups attached to an aromatic ring is 1. The summed E-state index contributed by atoms with van der Waals surface area (Å²) in [5, 5.41) is 12.6. The maximum absolute atomic E-state index is 9.26. The normalized spacial score (nSPS) is 11.9. The van der Waals surface area contributed by atoms with Crippen molar-refractivity contribution in [1.29, 1.82) is 0 Å². The number of pyridine rings is 1. The minimum atomic E-state index is 0.118. The largest absolute Gasteiger partial charge is 0.483 e. The number of nitrogens with zero attached hydrogens (tertiary/aromatic N) is 3. The Hall–Kier alpha value is -2.41. The van der Waals surface area contributed by atoms with Crippen molar-refractivity contribution in [3.05, 3.63) is 36.3 Å². The SMILES string of the molecule is CCCCC(CCO)Nc1nc(N)ncc1OCc1ccncc1. The quantitative estimate of drug-likeness (QED) is 0.613. The highest BCUT2D eigenvalue weighted by Crippen LogP contribution is 2.25. The summed E-state index contributed by atoms with van der Waals surface area (Å²) in [6.45, 7) is 2.65. The predicted molar refractivity (Wildman–Crippen MR) is 93.7 cm³/mol. The second-order valence-electron chi connectivity index (χ2n) is 5.58. The van der Waals surface area contributed by atoms with Crippen molar-refractivity contribution in [2.24, 2.45) is 0 Å². The van der Waals surface area contributed by atoms with Crippen LogP contribution in [0.2, 0.25) is 0 Å². The third kappa shape index (κ3) is 5.66. The summed E-state index contributed by atoms with van der Waals surface area (Å²) in [4.78, 5) is 12.2. The molecule has 0 radical (unpaired) electrons. The molecule has 0 aromatic carbocycles. The Morgan fingerprint density at radius 2 is 2.08 bits per heavy atom. The van der Waals surface area contributed by atoms with Gasteiger partial charge < -0.3 is 20.9 Å². The molecule has 1 unspecified atom stereocenters. The van der Waals surface area contributed by atoms with Crippen LogP contribution in [0, 0.1) is 0 Å². The Kier molecular flexibility index (Phi) is 7.22. The van der Waals surface area contributed by atoms with Crippen molar-refractivity contribution in [3.8, 4) is 5.75 Å². The van der Waals surface area contributed by atoms with Crippen molar-refractivity contribution in [1.82, 2.24) is 15.0 Å². The van der Waals surface area contributed by atoms with E-state index in [1.807, 2.05) is 12.1 Å².